The Balaban J connectivity index is 4.26. The summed E-state index contributed by atoms with van der Waals surface area (Å²) in [5.74, 6) is -0.910. The molecular weight excluding hydrogens is 925 g/mol. The zero-order valence-electron chi connectivity index (χ0n) is 49.0. The molecule has 6 heteroatoms. The summed E-state index contributed by atoms with van der Waals surface area (Å²) in [7, 11) is 0. The van der Waals surface area contributed by atoms with E-state index in [1.54, 1.807) is 0 Å². The van der Waals surface area contributed by atoms with Crippen LogP contribution < -0.4 is 0 Å². The molecule has 0 rings (SSSR count). The molecular formula is C69H116O6. The third-order valence-corrected chi connectivity index (χ3v) is 13.2. The van der Waals surface area contributed by atoms with Gasteiger partial charge in [0.2, 0.25) is 0 Å². The molecule has 1 atom stereocenters. The van der Waals surface area contributed by atoms with Gasteiger partial charge in [-0.05, 0) is 122 Å². The zero-order valence-corrected chi connectivity index (χ0v) is 49.0. The lowest BCUT2D eigenvalue weighted by atomic mass is 10.0. The van der Waals surface area contributed by atoms with E-state index in [0.29, 0.717) is 19.3 Å². The molecule has 6 nitrogen and oxygen atoms in total. The molecule has 0 aliphatic heterocycles. The summed E-state index contributed by atoms with van der Waals surface area (Å²) in [4.78, 5) is 38.2. The van der Waals surface area contributed by atoms with E-state index < -0.39 is 6.10 Å². The first-order valence-electron chi connectivity index (χ1n) is 31.4. The minimum absolute atomic E-state index is 0.0879. The first kappa shape index (κ1) is 71.1. The quantitative estimate of drug-likeness (QED) is 0.0261. The minimum atomic E-state index is -0.792. The van der Waals surface area contributed by atoms with Crippen LogP contribution in [0.15, 0.2) is 109 Å². The third kappa shape index (κ3) is 60.8. The highest BCUT2D eigenvalue weighted by atomic mass is 16.6. The molecule has 1 unspecified atom stereocenters. The van der Waals surface area contributed by atoms with Gasteiger partial charge in [0, 0.05) is 19.3 Å². The first-order chi connectivity index (χ1) is 37.0. The average molecular weight is 1040 g/mol. The van der Waals surface area contributed by atoms with Crippen molar-refractivity contribution in [3.05, 3.63) is 109 Å². The van der Waals surface area contributed by atoms with E-state index in [-0.39, 0.29) is 31.1 Å². The highest BCUT2D eigenvalue weighted by Gasteiger charge is 2.19. The molecule has 0 aromatic rings. The smallest absolute Gasteiger partial charge is 0.306 e. The Hall–Kier alpha value is -3.93. The molecule has 0 aliphatic rings. The molecule has 0 aromatic carbocycles. The second kappa shape index (κ2) is 62.6. The predicted octanol–water partition coefficient (Wildman–Crippen LogP) is 21.4. The van der Waals surface area contributed by atoms with Crippen molar-refractivity contribution in [1.29, 1.82) is 0 Å². The van der Waals surface area contributed by atoms with Crippen molar-refractivity contribution >= 4 is 17.9 Å². The second-order valence-corrected chi connectivity index (χ2v) is 20.5. The average Bonchev–Trinajstić information content (AvgIpc) is 3.41. The van der Waals surface area contributed by atoms with Crippen molar-refractivity contribution in [3.8, 4) is 0 Å². The van der Waals surface area contributed by atoms with Crippen molar-refractivity contribution in [2.45, 2.75) is 297 Å². The number of allylic oxidation sites excluding steroid dienone is 18. The van der Waals surface area contributed by atoms with Crippen molar-refractivity contribution in [2.24, 2.45) is 0 Å². The largest absolute Gasteiger partial charge is 0.462 e. The minimum Gasteiger partial charge on any atom is -0.462 e. The summed E-state index contributed by atoms with van der Waals surface area (Å²) in [5.41, 5.74) is 0. The van der Waals surface area contributed by atoms with Gasteiger partial charge < -0.3 is 14.2 Å². The van der Waals surface area contributed by atoms with Crippen LogP contribution in [0, 0.1) is 0 Å². The highest BCUT2D eigenvalue weighted by Crippen LogP contribution is 2.16. The Bertz CT molecular complexity index is 1520. The Morgan fingerprint density at radius 3 is 0.827 bits per heavy atom. The van der Waals surface area contributed by atoms with Crippen molar-refractivity contribution in [2.75, 3.05) is 13.2 Å². The van der Waals surface area contributed by atoms with Gasteiger partial charge in [0.1, 0.15) is 13.2 Å². The summed E-state index contributed by atoms with van der Waals surface area (Å²) >= 11 is 0. The molecule has 0 aliphatic carbocycles. The highest BCUT2D eigenvalue weighted by molar-refractivity contribution is 5.71. The van der Waals surface area contributed by atoms with Crippen molar-refractivity contribution < 1.29 is 28.6 Å². The van der Waals surface area contributed by atoms with Gasteiger partial charge in [-0.25, -0.2) is 0 Å². The Morgan fingerprint density at radius 2 is 0.520 bits per heavy atom. The molecule has 428 valence electrons. The maximum atomic E-state index is 12.9. The summed E-state index contributed by atoms with van der Waals surface area (Å²) < 4.78 is 16.9. The lowest BCUT2D eigenvalue weighted by molar-refractivity contribution is -0.167. The van der Waals surface area contributed by atoms with Gasteiger partial charge in [0.05, 0.1) is 0 Å². The van der Waals surface area contributed by atoms with Gasteiger partial charge in [0.15, 0.2) is 6.10 Å². The van der Waals surface area contributed by atoms with Crippen LogP contribution in [0.2, 0.25) is 0 Å². The molecule has 0 radical (unpaired) electrons. The van der Waals surface area contributed by atoms with E-state index >= 15 is 0 Å². The molecule has 0 saturated carbocycles. The van der Waals surface area contributed by atoms with E-state index in [4.69, 9.17) is 14.2 Å². The molecule has 75 heavy (non-hydrogen) atoms. The number of hydrogen-bond donors (Lipinski definition) is 0. The first-order valence-corrected chi connectivity index (χ1v) is 31.4. The van der Waals surface area contributed by atoms with E-state index in [1.807, 2.05) is 0 Å². The van der Waals surface area contributed by atoms with Gasteiger partial charge in [0.25, 0.3) is 0 Å². The van der Waals surface area contributed by atoms with Crippen LogP contribution in [0.5, 0.6) is 0 Å². The van der Waals surface area contributed by atoms with Crippen LogP contribution >= 0.6 is 0 Å². The summed E-state index contributed by atoms with van der Waals surface area (Å²) in [6, 6.07) is 0. The van der Waals surface area contributed by atoms with Gasteiger partial charge in [-0.3, -0.25) is 14.4 Å². The maximum absolute atomic E-state index is 12.9. The Morgan fingerprint density at radius 1 is 0.280 bits per heavy atom. The lowest BCUT2D eigenvalue weighted by Crippen LogP contribution is -2.30. The SMILES string of the molecule is CC/C=C\C/C=C\C/C=C\C/C=C\C/C=C\CCCCCCCCCCCCCCCC(=O)OCC(COC(=O)CCCCCCC/C=C\CCCCCC)OC(=O)CCCCCCC/C=C\C/C=C\C/C=C\CC. The summed E-state index contributed by atoms with van der Waals surface area (Å²) in [6.07, 6.45) is 85.2. The molecule has 0 spiro atoms. The Labute approximate surface area is 463 Å². The number of carbonyl (C=O) groups is 3. The normalized spacial score (nSPS) is 12.8. The topological polar surface area (TPSA) is 78.9 Å². The number of unbranched alkanes of at least 4 members (excludes halogenated alkanes) is 27. The van der Waals surface area contributed by atoms with Gasteiger partial charge in [-0.15, -0.1) is 0 Å². The standard InChI is InChI=1S/C69H116O6/c1-4-7-10-13-16-19-22-25-27-28-29-30-31-32-33-34-35-36-37-38-39-40-42-44-47-50-53-56-59-62-68(71)74-65-66(64-73-67(70)61-58-55-52-49-46-43-24-21-18-15-12-9-6-3)75-69(72)63-60-57-54-51-48-45-41-26-23-20-17-14-11-8-5-2/h7-8,10-11,16-17,19-21,24-27,29-30,32-33,41,66H,4-6,9,12-15,18,22-23,28,31,34-40,42-65H2,1-3H3/b10-7-,11-8-,19-16-,20-17-,24-21-,27-25-,30-29-,33-32-,41-26-. The number of ether oxygens (including phenoxy) is 3. The number of carbonyl (C=O) groups excluding carboxylic acids is 3. The second-order valence-electron chi connectivity index (χ2n) is 20.5. The third-order valence-electron chi connectivity index (χ3n) is 13.2. The van der Waals surface area contributed by atoms with Crippen LogP contribution in [-0.4, -0.2) is 37.2 Å². The fourth-order valence-electron chi connectivity index (χ4n) is 8.60. The monoisotopic (exact) mass is 1040 g/mol. The number of hydrogen-bond acceptors (Lipinski definition) is 6. The fraction of sp³-hybridized carbons (Fsp3) is 0.696. The van der Waals surface area contributed by atoms with Crippen LogP contribution in [0.4, 0.5) is 0 Å². The maximum Gasteiger partial charge on any atom is 0.306 e. The fourth-order valence-corrected chi connectivity index (χ4v) is 8.60. The van der Waals surface area contributed by atoms with Crippen LogP contribution in [0.25, 0.3) is 0 Å². The van der Waals surface area contributed by atoms with Crippen LogP contribution in [-0.2, 0) is 28.6 Å². The predicted molar refractivity (Wildman–Crippen MR) is 325 cm³/mol. The molecule has 0 bridgehead atoms. The number of esters is 3. The van der Waals surface area contributed by atoms with Gasteiger partial charge in [-0.2, -0.15) is 0 Å². The van der Waals surface area contributed by atoms with Gasteiger partial charge in [-0.1, -0.05) is 259 Å². The summed E-state index contributed by atoms with van der Waals surface area (Å²) in [6.45, 7) is 6.39. The van der Waals surface area contributed by atoms with Crippen LogP contribution in [0.1, 0.15) is 290 Å². The Kier molecular flexibility index (Phi) is 59.3. The van der Waals surface area contributed by atoms with Gasteiger partial charge >= 0.3 is 17.9 Å². The van der Waals surface area contributed by atoms with E-state index in [1.165, 1.54) is 116 Å². The molecule has 0 saturated heterocycles. The lowest BCUT2D eigenvalue weighted by Gasteiger charge is -2.18. The number of rotatable bonds is 56. The van der Waals surface area contributed by atoms with Crippen molar-refractivity contribution in [3.63, 3.8) is 0 Å². The van der Waals surface area contributed by atoms with E-state index in [2.05, 4.69) is 130 Å². The summed E-state index contributed by atoms with van der Waals surface area (Å²) in [5, 5.41) is 0. The van der Waals surface area contributed by atoms with E-state index in [9.17, 15) is 14.4 Å². The molecule has 0 N–H and O–H groups in total. The molecule has 0 aromatic heterocycles. The van der Waals surface area contributed by atoms with E-state index in [0.717, 1.165) is 135 Å². The van der Waals surface area contributed by atoms with Crippen molar-refractivity contribution in [1.82, 2.24) is 0 Å². The zero-order chi connectivity index (χ0) is 54.3. The molecule has 0 heterocycles. The molecule has 0 amide bonds. The van der Waals surface area contributed by atoms with Crippen LogP contribution in [0.3, 0.4) is 0 Å². The molecule has 0 fully saturated rings.